The zero-order valence-corrected chi connectivity index (χ0v) is 13.2. The van der Waals surface area contributed by atoms with Crippen LogP contribution in [0.3, 0.4) is 0 Å². The number of hydrogen-bond donors (Lipinski definition) is 1. The summed E-state index contributed by atoms with van der Waals surface area (Å²) in [5, 5.41) is 8.57. The van der Waals surface area contributed by atoms with Crippen LogP contribution in [-0.2, 0) is 15.7 Å². The molecule has 24 heavy (non-hydrogen) atoms. The molecule has 6 nitrogen and oxygen atoms in total. The molecule has 0 radical (unpaired) electrons. The van der Waals surface area contributed by atoms with Crippen molar-refractivity contribution in [3.63, 3.8) is 0 Å². The number of methoxy groups -OCH3 is 1. The van der Waals surface area contributed by atoms with Crippen LogP contribution < -0.4 is 9.64 Å². The molecule has 1 fully saturated rings. The van der Waals surface area contributed by atoms with E-state index in [1.165, 1.54) is 6.20 Å². The lowest BCUT2D eigenvalue weighted by Crippen LogP contribution is -2.33. The average Bonchev–Trinajstić information content (AvgIpc) is 2.98. The topological polar surface area (TPSA) is 71.9 Å². The second kappa shape index (κ2) is 7.69. The van der Waals surface area contributed by atoms with E-state index < -0.39 is 23.6 Å². The second-order valence-electron chi connectivity index (χ2n) is 5.46. The lowest BCUT2D eigenvalue weighted by atomic mass is 10.2. The molecule has 0 unspecified atom stereocenters. The minimum absolute atomic E-state index is 0.0777. The Morgan fingerprint density at radius 2 is 2.25 bits per heavy atom. The minimum Gasteiger partial charge on any atom is -0.481 e. The molecule has 1 aromatic rings. The van der Waals surface area contributed by atoms with Gasteiger partial charge in [0, 0.05) is 6.54 Å². The van der Waals surface area contributed by atoms with Crippen molar-refractivity contribution in [2.24, 2.45) is 0 Å². The van der Waals surface area contributed by atoms with E-state index in [0.717, 1.165) is 26.0 Å². The van der Waals surface area contributed by atoms with Gasteiger partial charge < -0.3 is 19.5 Å². The molecule has 0 bridgehead atoms. The Hall–Kier alpha value is -2.03. The number of carboxylic acids is 1. The van der Waals surface area contributed by atoms with Gasteiger partial charge in [0.05, 0.1) is 44.7 Å². The number of aromatic nitrogens is 1. The van der Waals surface area contributed by atoms with Crippen molar-refractivity contribution in [1.82, 2.24) is 4.98 Å². The highest BCUT2D eigenvalue weighted by atomic mass is 19.4. The van der Waals surface area contributed by atoms with Gasteiger partial charge in [-0.15, -0.1) is 0 Å². The Kier molecular flexibility index (Phi) is 5.87. The number of rotatable bonds is 7. The normalized spacial score (nSPS) is 18.0. The molecule has 0 aliphatic carbocycles. The average molecular weight is 348 g/mol. The Bertz CT molecular complexity index is 580. The summed E-state index contributed by atoms with van der Waals surface area (Å²) < 4.78 is 49.3. The van der Waals surface area contributed by atoms with E-state index in [2.05, 4.69) is 9.72 Å². The van der Waals surface area contributed by atoms with Crippen molar-refractivity contribution >= 4 is 11.7 Å². The fraction of sp³-hybridized carbons (Fsp3) is 0.600. The maximum atomic E-state index is 13.1. The second-order valence-corrected chi connectivity index (χ2v) is 5.46. The zero-order valence-electron chi connectivity index (χ0n) is 13.2. The van der Waals surface area contributed by atoms with Gasteiger partial charge in [-0.2, -0.15) is 13.2 Å². The molecule has 1 aromatic heterocycles. The number of aliphatic carboxylic acids is 1. The van der Waals surface area contributed by atoms with Gasteiger partial charge >= 0.3 is 12.1 Å². The number of anilines is 1. The monoisotopic (exact) mass is 348 g/mol. The molecule has 1 atom stereocenters. The van der Waals surface area contributed by atoms with Crippen LogP contribution in [0.4, 0.5) is 18.9 Å². The summed E-state index contributed by atoms with van der Waals surface area (Å²) >= 11 is 0. The molecule has 1 aliphatic rings. The first-order chi connectivity index (χ1) is 11.3. The van der Waals surface area contributed by atoms with Gasteiger partial charge in [-0.1, -0.05) is 0 Å². The Morgan fingerprint density at radius 1 is 1.50 bits per heavy atom. The van der Waals surface area contributed by atoms with E-state index in [0.29, 0.717) is 12.2 Å². The van der Waals surface area contributed by atoms with Crippen molar-refractivity contribution in [1.29, 1.82) is 0 Å². The number of carboxylic acid groups (broad SMARTS) is 1. The van der Waals surface area contributed by atoms with Gasteiger partial charge in [0.15, 0.2) is 0 Å². The van der Waals surface area contributed by atoms with Crippen LogP contribution >= 0.6 is 0 Å². The van der Waals surface area contributed by atoms with Crippen molar-refractivity contribution in [3.05, 3.63) is 17.8 Å². The van der Waals surface area contributed by atoms with E-state index in [9.17, 15) is 18.0 Å². The van der Waals surface area contributed by atoms with Crippen molar-refractivity contribution in [2.45, 2.75) is 31.5 Å². The minimum atomic E-state index is -4.55. The van der Waals surface area contributed by atoms with Crippen LogP contribution in [0.1, 0.15) is 24.8 Å². The third kappa shape index (κ3) is 4.50. The predicted octanol–water partition coefficient (Wildman–Crippen LogP) is 2.57. The highest BCUT2D eigenvalue weighted by Gasteiger charge is 2.37. The lowest BCUT2D eigenvalue weighted by molar-refractivity contribution is -0.139. The summed E-state index contributed by atoms with van der Waals surface area (Å²) in [6.45, 7) is 0.938. The van der Waals surface area contributed by atoms with Crippen molar-refractivity contribution < 1.29 is 32.5 Å². The molecule has 1 saturated heterocycles. The zero-order chi connectivity index (χ0) is 17.7. The lowest BCUT2D eigenvalue weighted by Gasteiger charge is -2.27. The maximum Gasteiger partial charge on any atom is 0.421 e. The van der Waals surface area contributed by atoms with Gasteiger partial charge in [-0.05, 0) is 18.9 Å². The van der Waals surface area contributed by atoms with Gasteiger partial charge in [-0.25, -0.2) is 4.98 Å². The molecule has 0 spiro atoms. The first-order valence-corrected chi connectivity index (χ1v) is 7.50. The Morgan fingerprint density at radius 3 is 2.88 bits per heavy atom. The van der Waals surface area contributed by atoms with Crippen LogP contribution in [0.15, 0.2) is 12.3 Å². The Labute approximate surface area is 137 Å². The number of nitrogens with zero attached hydrogens (tertiary/aromatic N) is 2. The van der Waals surface area contributed by atoms with E-state index in [-0.39, 0.29) is 25.7 Å². The molecule has 0 aromatic carbocycles. The molecule has 134 valence electrons. The Balaban J connectivity index is 2.10. The number of ether oxygens (including phenoxy) is 2. The van der Waals surface area contributed by atoms with Gasteiger partial charge in [0.25, 0.3) is 0 Å². The molecule has 0 saturated carbocycles. The van der Waals surface area contributed by atoms with E-state index in [1.807, 2.05) is 4.90 Å². The summed E-state index contributed by atoms with van der Waals surface area (Å²) in [6, 6.07) is 0.927. The fourth-order valence-electron chi connectivity index (χ4n) is 2.69. The maximum absolute atomic E-state index is 13.1. The molecule has 1 N–H and O–H groups in total. The molecule has 0 amide bonds. The van der Waals surface area contributed by atoms with E-state index >= 15 is 0 Å². The predicted molar refractivity (Wildman–Crippen MR) is 79.2 cm³/mol. The van der Waals surface area contributed by atoms with Crippen LogP contribution in [0.2, 0.25) is 0 Å². The number of alkyl halides is 3. The molecule has 1 aliphatic heterocycles. The highest BCUT2D eigenvalue weighted by molar-refractivity contribution is 5.66. The molecule has 2 rings (SSSR count). The fourth-order valence-corrected chi connectivity index (χ4v) is 2.69. The highest BCUT2D eigenvalue weighted by Crippen LogP contribution is 2.38. The van der Waals surface area contributed by atoms with Gasteiger partial charge in [-0.3, -0.25) is 4.79 Å². The van der Waals surface area contributed by atoms with E-state index in [4.69, 9.17) is 9.84 Å². The smallest absolute Gasteiger partial charge is 0.421 e. The van der Waals surface area contributed by atoms with Crippen LogP contribution in [0.25, 0.3) is 0 Å². The third-order valence-electron chi connectivity index (χ3n) is 3.81. The summed E-state index contributed by atoms with van der Waals surface area (Å²) in [7, 11) is 1.15. The third-order valence-corrected chi connectivity index (χ3v) is 3.81. The summed E-state index contributed by atoms with van der Waals surface area (Å²) in [5.41, 5.74) is -0.563. The molecular formula is C15H19F3N2O4. The first-order valence-electron chi connectivity index (χ1n) is 7.50. The van der Waals surface area contributed by atoms with Crippen molar-refractivity contribution in [3.8, 4) is 5.88 Å². The number of carbonyl (C=O) groups is 1. The summed E-state index contributed by atoms with van der Waals surface area (Å²) in [5.74, 6) is -1.41. The standard InChI is InChI=1S/C15H19F3N2O4/c1-23-14-12(15(16,17)18)7-11(8-19-14)20-5-2-3-10(20)9-24-6-4-13(21)22/h7-8,10H,2-6,9H2,1H3,(H,21,22)/t10-/m0/s1. The van der Waals surface area contributed by atoms with Gasteiger partial charge in [0.2, 0.25) is 5.88 Å². The van der Waals surface area contributed by atoms with Gasteiger partial charge in [0.1, 0.15) is 5.56 Å². The van der Waals surface area contributed by atoms with Crippen LogP contribution in [0, 0.1) is 0 Å². The quantitative estimate of drug-likeness (QED) is 0.764. The largest absolute Gasteiger partial charge is 0.481 e. The molecular weight excluding hydrogens is 329 g/mol. The van der Waals surface area contributed by atoms with E-state index in [1.54, 1.807) is 0 Å². The summed E-state index contributed by atoms with van der Waals surface area (Å²) in [4.78, 5) is 16.0. The number of halogens is 3. The summed E-state index contributed by atoms with van der Waals surface area (Å²) in [6.07, 6.45) is -1.72. The van der Waals surface area contributed by atoms with Crippen LogP contribution in [0.5, 0.6) is 5.88 Å². The van der Waals surface area contributed by atoms with Crippen molar-refractivity contribution in [2.75, 3.05) is 31.8 Å². The first kappa shape index (κ1) is 18.3. The molecule has 9 heteroatoms. The number of pyridine rings is 1. The number of hydrogen-bond acceptors (Lipinski definition) is 5. The molecule has 2 heterocycles. The van der Waals surface area contributed by atoms with Crippen LogP contribution in [-0.4, -0.2) is 49.0 Å². The SMILES string of the molecule is COc1ncc(N2CCC[C@H]2COCCC(=O)O)cc1C(F)(F)F.